The van der Waals surface area contributed by atoms with Crippen LogP contribution in [0.3, 0.4) is 0 Å². The number of carbonyl (C=O) groups excluding carboxylic acids is 1. The van der Waals surface area contributed by atoms with Crippen molar-refractivity contribution in [2.24, 2.45) is 0 Å². The van der Waals surface area contributed by atoms with E-state index in [1.807, 2.05) is 31.2 Å². The van der Waals surface area contributed by atoms with Crippen molar-refractivity contribution >= 4 is 5.78 Å². The van der Waals surface area contributed by atoms with Gasteiger partial charge in [-0.2, -0.15) is 0 Å². The third kappa shape index (κ3) is 2.98. The molecule has 2 rings (SSSR count). The summed E-state index contributed by atoms with van der Waals surface area (Å²) >= 11 is 0. The Bertz CT molecular complexity index is 600. The molecule has 1 nitrogen and oxygen atoms in total. The predicted molar refractivity (Wildman–Crippen MR) is 85.2 cm³/mol. The first kappa shape index (κ1) is 14.5. The van der Waals surface area contributed by atoms with Gasteiger partial charge in [-0.15, -0.1) is 0 Å². The molecule has 0 aromatic heterocycles. The van der Waals surface area contributed by atoms with E-state index in [2.05, 4.69) is 45.0 Å². The summed E-state index contributed by atoms with van der Waals surface area (Å²) < 4.78 is 0. The van der Waals surface area contributed by atoms with Crippen LogP contribution >= 0.6 is 0 Å². The lowest BCUT2D eigenvalue weighted by Gasteiger charge is -2.19. The fourth-order valence-electron chi connectivity index (χ4n) is 2.32. The van der Waals surface area contributed by atoms with Crippen molar-refractivity contribution < 1.29 is 4.79 Å². The number of carbonyl (C=O) groups is 1. The molecule has 104 valence electrons. The maximum Gasteiger partial charge on any atom is 0.163 e. The van der Waals surface area contributed by atoms with Gasteiger partial charge < -0.3 is 0 Å². The molecule has 0 aliphatic heterocycles. The molecular weight excluding hydrogens is 244 g/mol. The van der Waals surface area contributed by atoms with Gasteiger partial charge >= 0.3 is 0 Å². The minimum Gasteiger partial charge on any atom is -0.294 e. The van der Waals surface area contributed by atoms with Crippen LogP contribution in [0.25, 0.3) is 11.1 Å². The second kappa shape index (κ2) is 5.62. The normalized spacial score (nSPS) is 11.4. The summed E-state index contributed by atoms with van der Waals surface area (Å²) in [7, 11) is 0. The van der Waals surface area contributed by atoms with Gasteiger partial charge in [0.1, 0.15) is 0 Å². The van der Waals surface area contributed by atoms with Crippen LogP contribution in [-0.4, -0.2) is 5.78 Å². The molecule has 1 heteroatoms. The fraction of sp³-hybridized carbons (Fsp3) is 0.316. The summed E-state index contributed by atoms with van der Waals surface area (Å²) in [5.41, 5.74) is 4.41. The third-order valence-corrected chi connectivity index (χ3v) is 3.61. The van der Waals surface area contributed by atoms with E-state index in [0.717, 1.165) is 16.7 Å². The van der Waals surface area contributed by atoms with E-state index in [9.17, 15) is 4.79 Å². The molecule has 20 heavy (non-hydrogen) atoms. The van der Waals surface area contributed by atoms with Gasteiger partial charge in [-0.3, -0.25) is 4.79 Å². The van der Waals surface area contributed by atoms with Crippen molar-refractivity contribution in [1.29, 1.82) is 0 Å². The lowest BCUT2D eigenvalue weighted by molar-refractivity contribution is 0.0989. The molecule has 0 heterocycles. The average molecular weight is 266 g/mol. The second-order valence-corrected chi connectivity index (χ2v) is 6.15. The van der Waals surface area contributed by atoms with Crippen molar-refractivity contribution in [1.82, 2.24) is 0 Å². The average Bonchev–Trinajstić information content (AvgIpc) is 2.45. The van der Waals surface area contributed by atoms with Crippen molar-refractivity contribution in [3.05, 3.63) is 59.7 Å². The topological polar surface area (TPSA) is 17.1 Å². The summed E-state index contributed by atoms with van der Waals surface area (Å²) in [5.74, 6) is 0.195. The minimum atomic E-state index is 0.150. The van der Waals surface area contributed by atoms with Gasteiger partial charge in [0.2, 0.25) is 0 Å². The number of rotatable bonds is 3. The van der Waals surface area contributed by atoms with Gasteiger partial charge in [-0.05, 0) is 22.1 Å². The zero-order valence-corrected chi connectivity index (χ0v) is 12.7. The predicted octanol–water partition coefficient (Wildman–Crippen LogP) is 5.24. The molecule has 0 aliphatic carbocycles. The zero-order chi connectivity index (χ0) is 14.8. The Kier molecular flexibility index (Phi) is 4.08. The first-order chi connectivity index (χ1) is 9.43. The van der Waals surface area contributed by atoms with Crippen molar-refractivity contribution in [2.45, 2.75) is 39.5 Å². The monoisotopic (exact) mass is 266 g/mol. The molecule has 0 fully saturated rings. The molecule has 0 atom stereocenters. The lowest BCUT2D eigenvalue weighted by Crippen LogP contribution is -2.10. The van der Waals surface area contributed by atoms with Gasteiger partial charge in [-0.1, -0.05) is 76.2 Å². The van der Waals surface area contributed by atoms with E-state index in [1.54, 1.807) is 0 Å². The largest absolute Gasteiger partial charge is 0.294 e. The molecule has 0 spiro atoms. The number of hydrogen-bond acceptors (Lipinski definition) is 1. The lowest BCUT2D eigenvalue weighted by atomic mass is 9.85. The van der Waals surface area contributed by atoms with Gasteiger partial charge in [0.05, 0.1) is 0 Å². The quantitative estimate of drug-likeness (QED) is 0.694. The molecule has 0 N–H and O–H groups in total. The summed E-state index contributed by atoms with van der Waals surface area (Å²) in [6, 6.07) is 16.4. The second-order valence-electron chi connectivity index (χ2n) is 6.15. The van der Waals surface area contributed by atoms with Crippen LogP contribution in [0, 0.1) is 0 Å². The Labute approximate surface area is 121 Å². The maximum atomic E-state index is 12.0. The van der Waals surface area contributed by atoms with E-state index < -0.39 is 0 Å². The number of hydrogen-bond donors (Lipinski definition) is 0. The highest BCUT2D eigenvalue weighted by atomic mass is 16.1. The smallest absolute Gasteiger partial charge is 0.163 e. The van der Waals surface area contributed by atoms with Crippen LogP contribution < -0.4 is 0 Å². The highest BCUT2D eigenvalue weighted by molar-refractivity contribution is 6.02. The van der Waals surface area contributed by atoms with Gasteiger partial charge in [0.25, 0.3) is 0 Å². The van der Waals surface area contributed by atoms with Crippen LogP contribution in [0.1, 0.15) is 50.0 Å². The summed E-state index contributed by atoms with van der Waals surface area (Å²) in [5, 5.41) is 0. The molecule has 0 bridgehead atoms. The molecule has 2 aromatic rings. The Morgan fingerprint density at radius 1 is 0.950 bits per heavy atom. The SMILES string of the molecule is CCC(=O)c1ccccc1-c1ccc(C(C)(C)C)cc1. The van der Waals surface area contributed by atoms with E-state index >= 15 is 0 Å². The molecular formula is C19H22O. The van der Waals surface area contributed by atoms with Gasteiger partial charge in [-0.25, -0.2) is 0 Å². The van der Waals surface area contributed by atoms with Crippen molar-refractivity contribution in [2.75, 3.05) is 0 Å². The summed E-state index contributed by atoms with van der Waals surface area (Å²) in [4.78, 5) is 12.0. The summed E-state index contributed by atoms with van der Waals surface area (Å²) in [6.45, 7) is 8.52. The van der Waals surface area contributed by atoms with Crippen LogP contribution in [-0.2, 0) is 5.41 Å². The minimum absolute atomic E-state index is 0.150. The molecule has 0 amide bonds. The third-order valence-electron chi connectivity index (χ3n) is 3.61. The summed E-state index contributed by atoms with van der Waals surface area (Å²) in [6.07, 6.45) is 0.539. The van der Waals surface area contributed by atoms with E-state index in [-0.39, 0.29) is 11.2 Å². The molecule has 0 aliphatic rings. The van der Waals surface area contributed by atoms with Gasteiger partial charge in [0.15, 0.2) is 5.78 Å². The highest BCUT2D eigenvalue weighted by Gasteiger charge is 2.14. The Balaban J connectivity index is 2.45. The molecule has 0 saturated carbocycles. The van der Waals surface area contributed by atoms with Crippen LogP contribution in [0.4, 0.5) is 0 Å². The zero-order valence-electron chi connectivity index (χ0n) is 12.7. The van der Waals surface area contributed by atoms with Crippen LogP contribution in [0.2, 0.25) is 0 Å². The van der Waals surface area contributed by atoms with Crippen LogP contribution in [0.15, 0.2) is 48.5 Å². The van der Waals surface area contributed by atoms with Crippen LogP contribution in [0.5, 0.6) is 0 Å². The molecule has 2 aromatic carbocycles. The van der Waals surface area contributed by atoms with E-state index in [1.165, 1.54) is 5.56 Å². The first-order valence-corrected chi connectivity index (χ1v) is 7.16. The molecule has 0 unspecified atom stereocenters. The molecule has 0 radical (unpaired) electrons. The standard InChI is InChI=1S/C19H22O/c1-5-18(20)17-9-7-6-8-16(17)14-10-12-15(13-11-14)19(2,3)4/h6-13H,5H2,1-4H3. The first-order valence-electron chi connectivity index (χ1n) is 7.16. The van der Waals surface area contributed by atoms with Crippen molar-refractivity contribution in [3.63, 3.8) is 0 Å². The van der Waals surface area contributed by atoms with Crippen molar-refractivity contribution in [3.8, 4) is 11.1 Å². The van der Waals surface area contributed by atoms with E-state index in [4.69, 9.17) is 0 Å². The maximum absolute atomic E-state index is 12.0. The number of Topliss-reactive ketones (excluding diaryl/α,β-unsaturated/α-hetero) is 1. The van der Waals surface area contributed by atoms with E-state index in [0.29, 0.717) is 6.42 Å². The Hall–Kier alpha value is -1.89. The highest BCUT2D eigenvalue weighted by Crippen LogP contribution is 2.28. The fourth-order valence-corrected chi connectivity index (χ4v) is 2.32. The number of ketones is 1. The number of benzene rings is 2. The molecule has 0 saturated heterocycles. The Morgan fingerprint density at radius 2 is 1.55 bits per heavy atom. The van der Waals surface area contributed by atoms with Gasteiger partial charge in [0, 0.05) is 12.0 Å². The Morgan fingerprint density at radius 3 is 2.10 bits per heavy atom.